The summed E-state index contributed by atoms with van der Waals surface area (Å²) >= 11 is 0. The fourth-order valence-electron chi connectivity index (χ4n) is 2.75. The summed E-state index contributed by atoms with van der Waals surface area (Å²) in [5.74, 6) is 1.23. The van der Waals surface area contributed by atoms with Crippen molar-refractivity contribution in [2.24, 2.45) is 0 Å². The summed E-state index contributed by atoms with van der Waals surface area (Å²) in [4.78, 5) is 11.0. The zero-order valence-corrected chi connectivity index (χ0v) is 11.8. The van der Waals surface area contributed by atoms with Crippen molar-refractivity contribution in [2.45, 2.75) is 18.9 Å². The average Bonchev–Trinajstić information content (AvgIpc) is 3.07. The Morgan fingerprint density at radius 2 is 2.00 bits per heavy atom. The number of ether oxygens (including phenoxy) is 1. The Bertz CT molecular complexity index is 645. The van der Waals surface area contributed by atoms with Gasteiger partial charge in [-0.2, -0.15) is 10.1 Å². The fraction of sp³-hybridized carbons (Fsp3) is 0.500. The lowest BCUT2D eigenvalue weighted by atomic mass is 10.2. The predicted octanol–water partition coefficient (Wildman–Crippen LogP) is 1.09. The van der Waals surface area contributed by atoms with E-state index in [0.29, 0.717) is 12.0 Å². The zero-order valence-electron chi connectivity index (χ0n) is 11.8. The van der Waals surface area contributed by atoms with Crippen LogP contribution < -0.4 is 10.6 Å². The smallest absolute Gasteiger partial charge is 0.222 e. The van der Waals surface area contributed by atoms with Crippen molar-refractivity contribution in [1.29, 1.82) is 0 Å². The molecule has 0 unspecified atom stereocenters. The lowest BCUT2D eigenvalue weighted by Crippen LogP contribution is -2.30. The Balaban J connectivity index is 1.65. The SMILES string of the molecule is Nc1nc(-c2cnn(C3COC3)c2)cc(N2CCCC2)n1. The van der Waals surface area contributed by atoms with E-state index in [1.807, 2.05) is 23.1 Å². The molecule has 0 atom stereocenters. The molecule has 4 rings (SSSR count). The number of rotatable bonds is 3. The molecule has 7 heteroatoms. The van der Waals surface area contributed by atoms with Gasteiger partial charge in [0.25, 0.3) is 0 Å². The number of anilines is 2. The highest BCUT2D eigenvalue weighted by atomic mass is 16.5. The van der Waals surface area contributed by atoms with Crippen molar-refractivity contribution in [3.8, 4) is 11.3 Å². The van der Waals surface area contributed by atoms with Crippen LogP contribution in [0.5, 0.6) is 0 Å². The maximum absolute atomic E-state index is 5.87. The molecular formula is C14H18N6O. The molecule has 0 aromatic carbocycles. The summed E-state index contributed by atoms with van der Waals surface area (Å²) in [6.45, 7) is 3.53. The highest BCUT2D eigenvalue weighted by molar-refractivity contribution is 5.63. The van der Waals surface area contributed by atoms with E-state index in [0.717, 1.165) is 43.4 Å². The molecule has 4 heterocycles. The van der Waals surface area contributed by atoms with E-state index < -0.39 is 0 Å². The molecule has 2 aliphatic heterocycles. The Morgan fingerprint density at radius 3 is 2.71 bits per heavy atom. The van der Waals surface area contributed by atoms with Gasteiger partial charge in [0, 0.05) is 30.9 Å². The summed E-state index contributed by atoms with van der Waals surface area (Å²) in [7, 11) is 0. The standard InChI is InChI=1S/C14H18N6O/c15-14-17-12(5-13(18-14)19-3-1-2-4-19)10-6-16-20(7-10)11-8-21-9-11/h5-7,11H,1-4,8-9H2,(H2,15,17,18). The minimum Gasteiger partial charge on any atom is -0.377 e. The van der Waals surface area contributed by atoms with Crippen LogP contribution in [0, 0.1) is 0 Å². The molecule has 2 aromatic heterocycles. The molecule has 2 aliphatic rings. The van der Waals surface area contributed by atoms with Gasteiger partial charge in [0.1, 0.15) is 5.82 Å². The number of aromatic nitrogens is 4. The summed E-state index contributed by atoms with van der Waals surface area (Å²) in [6.07, 6.45) is 6.24. The van der Waals surface area contributed by atoms with Gasteiger partial charge in [0.2, 0.25) is 5.95 Å². The first-order valence-electron chi connectivity index (χ1n) is 7.31. The third-order valence-electron chi connectivity index (χ3n) is 4.05. The van der Waals surface area contributed by atoms with Crippen LogP contribution in [-0.4, -0.2) is 46.1 Å². The highest BCUT2D eigenvalue weighted by Crippen LogP contribution is 2.26. The van der Waals surface area contributed by atoms with Crippen LogP contribution in [0.25, 0.3) is 11.3 Å². The van der Waals surface area contributed by atoms with E-state index in [-0.39, 0.29) is 0 Å². The molecule has 0 saturated carbocycles. The van der Waals surface area contributed by atoms with Crippen molar-refractivity contribution >= 4 is 11.8 Å². The molecule has 0 bridgehead atoms. The van der Waals surface area contributed by atoms with Gasteiger partial charge in [0.05, 0.1) is 31.1 Å². The first-order valence-corrected chi connectivity index (χ1v) is 7.31. The zero-order chi connectivity index (χ0) is 14.2. The molecule has 110 valence electrons. The Labute approximate surface area is 122 Å². The van der Waals surface area contributed by atoms with Gasteiger partial charge in [-0.1, -0.05) is 0 Å². The van der Waals surface area contributed by atoms with Gasteiger partial charge >= 0.3 is 0 Å². The third kappa shape index (κ3) is 2.33. The molecule has 0 spiro atoms. The largest absolute Gasteiger partial charge is 0.377 e. The van der Waals surface area contributed by atoms with E-state index in [1.165, 1.54) is 12.8 Å². The first kappa shape index (κ1) is 12.6. The first-order chi connectivity index (χ1) is 10.3. The highest BCUT2D eigenvalue weighted by Gasteiger charge is 2.22. The van der Waals surface area contributed by atoms with Gasteiger partial charge in [-0.25, -0.2) is 4.98 Å². The summed E-state index contributed by atoms with van der Waals surface area (Å²) in [5, 5.41) is 4.39. The minimum atomic E-state index is 0.314. The van der Waals surface area contributed by atoms with E-state index in [9.17, 15) is 0 Å². The van der Waals surface area contributed by atoms with Gasteiger partial charge < -0.3 is 15.4 Å². The molecule has 21 heavy (non-hydrogen) atoms. The van der Waals surface area contributed by atoms with Crippen molar-refractivity contribution in [1.82, 2.24) is 19.7 Å². The van der Waals surface area contributed by atoms with Crippen molar-refractivity contribution in [3.63, 3.8) is 0 Å². The molecule has 0 radical (unpaired) electrons. The fourth-order valence-corrected chi connectivity index (χ4v) is 2.75. The number of nitrogens with zero attached hydrogens (tertiary/aromatic N) is 5. The second-order valence-electron chi connectivity index (χ2n) is 5.56. The van der Waals surface area contributed by atoms with Gasteiger partial charge in [-0.15, -0.1) is 0 Å². The van der Waals surface area contributed by atoms with E-state index >= 15 is 0 Å². The lowest BCUT2D eigenvalue weighted by molar-refractivity contribution is -0.0286. The summed E-state index contributed by atoms with van der Waals surface area (Å²) in [6, 6.07) is 2.34. The monoisotopic (exact) mass is 286 g/mol. The quantitative estimate of drug-likeness (QED) is 0.909. The van der Waals surface area contributed by atoms with Gasteiger partial charge in [-0.05, 0) is 12.8 Å². The maximum Gasteiger partial charge on any atom is 0.222 e. The molecule has 7 nitrogen and oxygen atoms in total. The Hall–Kier alpha value is -2.15. The van der Waals surface area contributed by atoms with Gasteiger partial charge in [-0.3, -0.25) is 4.68 Å². The van der Waals surface area contributed by atoms with Crippen LogP contribution in [0.4, 0.5) is 11.8 Å². The summed E-state index contributed by atoms with van der Waals surface area (Å²) in [5.41, 5.74) is 7.67. The molecule has 0 aliphatic carbocycles. The van der Waals surface area contributed by atoms with Crippen LogP contribution in [-0.2, 0) is 4.74 Å². The van der Waals surface area contributed by atoms with E-state index in [2.05, 4.69) is 20.0 Å². The molecular weight excluding hydrogens is 268 g/mol. The van der Waals surface area contributed by atoms with E-state index in [4.69, 9.17) is 10.5 Å². The van der Waals surface area contributed by atoms with Crippen molar-refractivity contribution < 1.29 is 4.74 Å². The van der Waals surface area contributed by atoms with Crippen molar-refractivity contribution in [3.05, 3.63) is 18.5 Å². The van der Waals surface area contributed by atoms with Crippen LogP contribution >= 0.6 is 0 Å². The molecule has 0 amide bonds. The number of nitrogen functional groups attached to an aromatic ring is 1. The molecule has 2 N–H and O–H groups in total. The topological polar surface area (TPSA) is 82.1 Å². The predicted molar refractivity (Wildman–Crippen MR) is 79.0 cm³/mol. The Morgan fingerprint density at radius 1 is 1.19 bits per heavy atom. The maximum atomic E-state index is 5.87. The number of hydrogen-bond donors (Lipinski definition) is 1. The van der Waals surface area contributed by atoms with Gasteiger partial charge in [0.15, 0.2) is 0 Å². The molecule has 2 aromatic rings. The average molecular weight is 286 g/mol. The minimum absolute atomic E-state index is 0.314. The van der Waals surface area contributed by atoms with Crippen LogP contribution in [0.1, 0.15) is 18.9 Å². The molecule has 2 fully saturated rings. The normalized spacial score (nSPS) is 19.0. The number of nitrogens with two attached hydrogens (primary N) is 1. The van der Waals surface area contributed by atoms with Crippen molar-refractivity contribution in [2.75, 3.05) is 36.9 Å². The van der Waals surface area contributed by atoms with Crippen LogP contribution in [0.2, 0.25) is 0 Å². The summed E-state index contributed by atoms with van der Waals surface area (Å²) < 4.78 is 7.13. The second kappa shape index (κ2) is 5.00. The van der Waals surface area contributed by atoms with Crippen LogP contribution in [0.15, 0.2) is 18.5 Å². The second-order valence-corrected chi connectivity index (χ2v) is 5.56. The third-order valence-corrected chi connectivity index (χ3v) is 4.05. The number of hydrogen-bond acceptors (Lipinski definition) is 6. The Kier molecular flexibility index (Phi) is 2.99. The van der Waals surface area contributed by atoms with E-state index in [1.54, 1.807) is 0 Å². The lowest BCUT2D eigenvalue weighted by Gasteiger charge is -2.25. The molecule has 2 saturated heterocycles. The van der Waals surface area contributed by atoms with Crippen LogP contribution in [0.3, 0.4) is 0 Å².